The summed E-state index contributed by atoms with van der Waals surface area (Å²) in [7, 11) is 2.16. The highest BCUT2D eigenvalue weighted by molar-refractivity contribution is 5.63. The number of rotatable bonds is 3. The third kappa shape index (κ3) is 3.71. The Kier molecular flexibility index (Phi) is 4.80. The molecule has 24 heavy (non-hydrogen) atoms. The van der Waals surface area contributed by atoms with Gasteiger partial charge in [0.05, 0.1) is 0 Å². The lowest BCUT2D eigenvalue weighted by molar-refractivity contribution is -0.660. The van der Waals surface area contributed by atoms with Gasteiger partial charge in [0.25, 0.3) is 0 Å². The van der Waals surface area contributed by atoms with Crippen LogP contribution in [-0.4, -0.2) is 0 Å². The number of benzene rings is 1. The molecule has 0 aliphatic heterocycles. The normalized spacial score (nSPS) is 15.9. The summed E-state index contributed by atoms with van der Waals surface area (Å²) in [5, 5.41) is 0. The molecule has 1 saturated carbocycles. The Morgan fingerprint density at radius 1 is 1.04 bits per heavy atom. The number of nitrogens with zero attached hydrogens (tertiary/aromatic N) is 1. The van der Waals surface area contributed by atoms with E-state index in [0.29, 0.717) is 0 Å². The maximum Gasteiger partial charge on any atom is 0.212 e. The van der Waals surface area contributed by atoms with Gasteiger partial charge < -0.3 is 0 Å². The minimum Gasteiger partial charge on any atom is -0.201 e. The summed E-state index contributed by atoms with van der Waals surface area (Å²) in [5.41, 5.74) is 7.16. The van der Waals surface area contributed by atoms with Gasteiger partial charge in [0, 0.05) is 17.7 Å². The van der Waals surface area contributed by atoms with Crippen molar-refractivity contribution in [2.75, 3.05) is 0 Å². The Morgan fingerprint density at radius 2 is 1.75 bits per heavy atom. The standard InChI is InChI=1S/C23H32N/c1-17-10-11-20(23(2,3)4)16-21(17)22-15-19(12-13-24(22)5)14-18-8-6-7-9-18/h10-13,15-16,18H,6-9,14H2,1-5H3/q+1. The molecule has 0 saturated heterocycles. The summed E-state index contributed by atoms with van der Waals surface area (Å²) in [5.74, 6) is 0.896. The summed E-state index contributed by atoms with van der Waals surface area (Å²) in [6.45, 7) is 9.10. The van der Waals surface area contributed by atoms with Crippen molar-refractivity contribution >= 4 is 0 Å². The first-order valence-electron chi connectivity index (χ1n) is 9.44. The smallest absolute Gasteiger partial charge is 0.201 e. The van der Waals surface area contributed by atoms with E-state index in [-0.39, 0.29) is 5.41 Å². The van der Waals surface area contributed by atoms with E-state index in [1.54, 1.807) is 0 Å². The second kappa shape index (κ2) is 6.70. The number of hydrogen-bond donors (Lipinski definition) is 0. The third-order valence-electron chi connectivity index (χ3n) is 5.59. The number of hydrogen-bond acceptors (Lipinski definition) is 0. The van der Waals surface area contributed by atoms with E-state index in [1.807, 2.05) is 0 Å². The molecule has 0 unspecified atom stereocenters. The fraction of sp³-hybridized carbons (Fsp3) is 0.522. The Hall–Kier alpha value is -1.63. The first-order chi connectivity index (χ1) is 11.3. The van der Waals surface area contributed by atoms with Gasteiger partial charge in [-0.3, -0.25) is 0 Å². The number of aromatic nitrogens is 1. The van der Waals surface area contributed by atoms with Gasteiger partial charge in [0.15, 0.2) is 6.20 Å². The van der Waals surface area contributed by atoms with Crippen LogP contribution in [0.1, 0.15) is 63.1 Å². The van der Waals surface area contributed by atoms with E-state index < -0.39 is 0 Å². The zero-order chi connectivity index (χ0) is 17.3. The third-order valence-corrected chi connectivity index (χ3v) is 5.59. The lowest BCUT2D eigenvalue weighted by Crippen LogP contribution is -2.31. The molecule has 1 heteroatoms. The van der Waals surface area contributed by atoms with E-state index in [9.17, 15) is 0 Å². The van der Waals surface area contributed by atoms with Crippen LogP contribution in [-0.2, 0) is 18.9 Å². The maximum absolute atomic E-state index is 2.42. The van der Waals surface area contributed by atoms with Gasteiger partial charge in [0.2, 0.25) is 5.69 Å². The molecule has 0 radical (unpaired) electrons. The van der Waals surface area contributed by atoms with E-state index in [0.717, 1.165) is 5.92 Å². The van der Waals surface area contributed by atoms with E-state index >= 15 is 0 Å². The zero-order valence-corrected chi connectivity index (χ0v) is 16.0. The van der Waals surface area contributed by atoms with Gasteiger partial charge in [-0.05, 0) is 47.4 Å². The summed E-state index contributed by atoms with van der Waals surface area (Å²) < 4.78 is 2.27. The molecule has 0 amide bonds. The topological polar surface area (TPSA) is 3.88 Å². The molecule has 1 nitrogen and oxygen atoms in total. The highest BCUT2D eigenvalue weighted by Crippen LogP contribution is 2.31. The van der Waals surface area contributed by atoms with Gasteiger partial charge in [-0.15, -0.1) is 0 Å². The minimum absolute atomic E-state index is 0.183. The van der Waals surface area contributed by atoms with Crippen molar-refractivity contribution in [3.63, 3.8) is 0 Å². The first-order valence-corrected chi connectivity index (χ1v) is 9.44. The molecule has 128 valence electrons. The number of pyridine rings is 1. The summed E-state index contributed by atoms with van der Waals surface area (Å²) in [6, 6.07) is 11.7. The van der Waals surface area contributed by atoms with Crippen molar-refractivity contribution in [1.29, 1.82) is 0 Å². The largest absolute Gasteiger partial charge is 0.212 e. The quantitative estimate of drug-likeness (QED) is 0.655. The van der Waals surface area contributed by atoms with Gasteiger partial charge in [-0.1, -0.05) is 58.6 Å². The fourth-order valence-corrected chi connectivity index (χ4v) is 3.92. The molecule has 0 N–H and O–H groups in total. The van der Waals surface area contributed by atoms with Crippen molar-refractivity contribution in [1.82, 2.24) is 0 Å². The molecule has 1 aromatic carbocycles. The highest BCUT2D eigenvalue weighted by Gasteiger charge is 2.21. The second-order valence-electron chi connectivity index (χ2n) is 8.67. The summed E-state index contributed by atoms with van der Waals surface area (Å²) in [6.07, 6.45) is 9.15. The molecule has 3 rings (SSSR count). The van der Waals surface area contributed by atoms with Crippen molar-refractivity contribution < 1.29 is 4.57 Å². The molecular formula is C23H32N+. The maximum atomic E-state index is 2.42. The number of aryl methyl sites for hydroxylation is 2. The monoisotopic (exact) mass is 322 g/mol. The molecule has 0 atom stereocenters. The molecule has 0 spiro atoms. The predicted octanol–water partition coefficient (Wildman–Crippen LogP) is 5.52. The van der Waals surface area contributed by atoms with Crippen LogP contribution in [0.25, 0.3) is 11.3 Å². The molecule has 1 aliphatic rings. The molecule has 1 heterocycles. The summed E-state index contributed by atoms with van der Waals surface area (Å²) >= 11 is 0. The van der Waals surface area contributed by atoms with Crippen LogP contribution in [0.3, 0.4) is 0 Å². The predicted molar refractivity (Wildman–Crippen MR) is 102 cm³/mol. The minimum atomic E-state index is 0.183. The molecule has 1 fully saturated rings. The van der Waals surface area contributed by atoms with Crippen LogP contribution in [0.15, 0.2) is 36.5 Å². The van der Waals surface area contributed by atoms with E-state index in [4.69, 9.17) is 0 Å². The van der Waals surface area contributed by atoms with Gasteiger partial charge >= 0.3 is 0 Å². The molecule has 2 aromatic rings. The van der Waals surface area contributed by atoms with Crippen molar-refractivity contribution in [3.8, 4) is 11.3 Å². The molecule has 1 aliphatic carbocycles. The van der Waals surface area contributed by atoms with Crippen LogP contribution in [0.2, 0.25) is 0 Å². The van der Waals surface area contributed by atoms with Crippen LogP contribution >= 0.6 is 0 Å². The molecule has 1 aromatic heterocycles. The lowest BCUT2D eigenvalue weighted by Gasteiger charge is -2.20. The SMILES string of the molecule is Cc1ccc(C(C)(C)C)cc1-c1cc(CC2CCCC2)cc[n+]1C. The van der Waals surface area contributed by atoms with Gasteiger partial charge in [0.1, 0.15) is 7.05 Å². The van der Waals surface area contributed by atoms with Crippen molar-refractivity contribution in [2.45, 2.75) is 65.2 Å². The summed E-state index contributed by atoms with van der Waals surface area (Å²) in [4.78, 5) is 0. The Morgan fingerprint density at radius 3 is 2.42 bits per heavy atom. The van der Waals surface area contributed by atoms with Gasteiger partial charge in [-0.2, -0.15) is 0 Å². The molecular weight excluding hydrogens is 290 g/mol. The van der Waals surface area contributed by atoms with E-state index in [1.165, 1.54) is 60.1 Å². The Labute approximate surface area is 147 Å². The second-order valence-corrected chi connectivity index (χ2v) is 8.67. The Bertz CT molecular complexity index is 715. The van der Waals surface area contributed by atoms with Crippen LogP contribution in [0.4, 0.5) is 0 Å². The zero-order valence-electron chi connectivity index (χ0n) is 16.0. The van der Waals surface area contributed by atoms with Crippen molar-refractivity contribution in [2.24, 2.45) is 13.0 Å². The molecule has 0 bridgehead atoms. The van der Waals surface area contributed by atoms with Crippen LogP contribution in [0, 0.1) is 12.8 Å². The fourth-order valence-electron chi connectivity index (χ4n) is 3.92. The average Bonchev–Trinajstić information content (AvgIpc) is 3.02. The van der Waals surface area contributed by atoms with Crippen LogP contribution < -0.4 is 4.57 Å². The Balaban J connectivity index is 1.99. The lowest BCUT2D eigenvalue weighted by atomic mass is 9.84. The van der Waals surface area contributed by atoms with Crippen molar-refractivity contribution in [3.05, 3.63) is 53.2 Å². The highest BCUT2D eigenvalue weighted by atomic mass is 14.9. The van der Waals surface area contributed by atoms with Crippen LogP contribution in [0.5, 0.6) is 0 Å². The van der Waals surface area contributed by atoms with E-state index in [2.05, 4.69) is 75.8 Å². The van der Waals surface area contributed by atoms with Gasteiger partial charge in [-0.25, -0.2) is 4.57 Å². The first kappa shape index (κ1) is 17.2. The average molecular weight is 323 g/mol.